The van der Waals surface area contributed by atoms with E-state index >= 15 is 0 Å². The topological polar surface area (TPSA) is 88.3 Å². The fourth-order valence-electron chi connectivity index (χ4n) is 3.62. The molecule has 2 aromatic carbocycles. The summed E-state index contributed by atoms with van der Waals surface area (Å²) in [6.07, 6.45) is 1.95. The zero-order valence-corrected chi connectivity index (χ0v) is 18.7. The number of hydrogen-bond acceptors (Lipinski definition) is 7. The molecule has 0 unspecified atom stereocenters. The normalized spacial score (nSPS) is 17.8. The number of benzene rings is 2. The number of amides is 1. The largest absolute Gasteiger partial charge is 0.491 e. The molecule has 0 saturated carbocycles. The van der Waals surface area contributed by atoms with Gasteiger partial charge in [-0.2, -0.15) is 4.99 Å². The average molecular weight is 453 g/mol. The Morgan fingerprint density at radius 3 is 2.38 bits per heavy atom. The van der Waals surface area contributed by atoms with Crippen LogP contribution in [-0.4, -0.2) is 53.2 Å². The van der Waals surface area contributed by atoms with Crippen molar-refractivity contribution in [2.45, 2.75) is 20.0 Å². The van der Waals surface area contributed by atoms with Gasteiger partial charge in [0.05, 0.1) is 15.9 Å². The first kappa shape index (κ1) is 21.9. The number of carbonyl (C=O) groups excluding carboxylic acids is 1. The molecule has 1 amide bonds. The number of rotatable bonds is 5. The van der Waals surface area contributed by atoms with Crippen LogP contribution in [0.4, 0.5) is 11.4 Å². The zero-order valence-electron chi connectivity index (χ0n) is 17.9. The third-order valence-corrected chi connectivity index (χ3v) is 6.17. The molecule has 2 aliphatic rings. The second-order valence-electron chi connectivity index (χ2n) is 7.77. The van der Waals surface area contributed by atoms with Crippen LogP contribution < -0.4 is 9.64 Å². The number of nitro benzene ring substituents is 1. The lowest BCUT2D eigenvalue weighted by Gasteiger charge is -2.36. The van der Waals surface area contributed by atoms with Gasteiger partial charge in [0, 0.05) is 32.2 Å². The van der Waals surface area contributed by atoms with E-state index in [2.05, 4.69) is 9.89 Å². The minimum absolute atomic E-state index is 0.107. The van der Waals surface area contributed by atoms with E-state index in [1.54, 1.807) is 12.1 Å². The van der Waals surface area contributed by atoms with Gasteiger partial charge < -0.3 is 14.5 Å². The van der Waals surface area contributed by atoms with Crippen LogP contribution in [-0.2, 0) is 4.79 Å². The fraction of sp³-hybridized carbons (Fsp3) is 0.304. The van der Waals surface area contributed by atoms with Crippen molar-refractivity contribution in [2.24, 2.45) is 4.99 Å². The first-order valence-electron chi connectivity index (χ1n) is 10.4. The van der Waals surface area contributed by atoms with E-state index in [1.165, 1.54) is 17.8 Å². The Bertz CT molecular complexity index is 1070. The maximum absolute atomic E-state index is 12.4. The van der Waals surface area contributed by atoms with Crippen molar-refractivity contribution in [2.75, 3.05) is 31.1 Å². The highest BCUT2D eigenvalue weighted by Crippen LogP contribution is 2.33. The Balaban J connectivity index is 1.38. The van der Waals surface area contributed by atoms with Crippen LogP contribution in [0.2, 0.25) is 0 Å². The van der Waals surface area contributed by atoms with E-state index in [0.29, 0.717) is 41.9 Å². The summed E-state index contributed by atoms with van der Waals surface area (Å²) < 4.78 is 5.65. The Morgan fingerprint density at radius 2 is 1.72 bits per heavy atom. The molecule has 2 heterocycles. The zero-order chi connectivity index (χ0) is 22.7. The van der Waals surface area contributed by atoms with Crippen molar-refractivity contribution in [3.8, 4) is 5.75 Å². The minimum Gasteiger partial charge on any atom is -0.491 e. The Hall–Kier alpha value is -3.33. The number of aliphatic imine (C=N–C) groups is 1. The second-order valence-corrected chi connectivity index (χ2v) is 8.77. The third-order valence-electron chi connectivity index (χ3n) is 5.13. The van der Waals surface area contributed by atoms with Gasteiger partial charge in [0.1, 0.15) is 11.4 Å². The van der Waals surface area contributed by atoms with Crippen LogP contribution in [0.25, 0.3) is 6.08 Å². The number of thioether (sulfide) groups is 1. The Morgan fingerprint density at radius 1 is 1.06 bits per heavy atom. The Labute approximate surface area is 190 Å². The molecular weight excluding hydrogens is 428 g/mol. The summed E-state index contributed by atoms with van der Waals surface area (Å²) in [6, 6.07) is 14.4. The number of nitrogens with zero attached hydrogens (tertiary/aromatic N) is 4. The minimum atomic E-state index is -0.351. The molecule has 166 valence electrons. The molecule has 32 heavy (non-hydrogen) atoms. The van der Waals surface area contributed by atoms with Gasteiger partial charge in [0.25, 0.3) is 11.6 Å². The molecule has 1 saturated heterocycles. The maximum atomic E-state index is 12.4. The molecule has 9 heteroatoms. The van der Waals surface area contributed by atoms with Crippen LogP contribution in [0.3, 0.4) is 0 Å². The number of anilines is 1. The highest BCUT2D eigenvalue weighted by atomic mass is 32.2. The van der Waals surface area contributed by atoms with Crippen LogP contribution in [0.5, 0.6) is 5.75 Å². The summed E-state index contributed by atoms with van der Waals surface area (Å²) in [5.41, 5.74) is 1.65. The molecule has 0 radical (unpaired) electrons. The summed E-state index contributed by atoms with van der Waals surface area (Å²) in [7, 11) is 0. The van der Waals surface area contributed by atoms with E-state index in [9.17, 15) is 14.9 Å². The summed E-state index contributed by atoms with van der Waals surface area (Å²) in [4.78, 5) is 32.3. The number of para-hydroxylation sites is 2. The van der Waals surface area contributed by atoms with Crippen molar-refractivity contribution in [3.63, 3.8) is 0 Å². The molecule has 0 atom stereocenters. The van der Waals surface area contributed by atoms with Crippen LogP contribution in [0, 0.1) is 10.1 Å². The molecule has 0 spiro atoms. The van der Waals surface area contributed by atoms with Gasteiger partial charge >= 0.3 is 0 Å². The molecule has 2 aliphatic heterocycles. The number of nitro groups is 1. The number of hydrogen-bond donors (Lipinski definition) is 0. The summed E-state index contributed by atoms with van der Waals surface area (Å²) in [5.74, 6) is 0.551. The van der Waals surface area contributed by atoms with Crippen LogP contribution in [0.1, 0.15) is 19.4 Å². The van der Waals surface area contributed by atoms with Crippen molar-refractivity contribution in [1.82, 2.24) is 4.90 Å². The molecule has 2 aromatic rings. The lowest BCUT2D eigenvalue weighted by molar-refractivity contribution is -0.384. The number of ether oxygens (including phenoxy) is 1. The first-order valence-corrected chi connectivity index (χ1v) is 11.2. The maximum Gasteiger partial charge on any atom is 0.292 e. The van der Waals surface area contributed by atoms with E-state index in [1.807, 2.05) is 55.2 Å². The van der Waals surface area contributed by atoms with Gasteiger partial charge in [-0.1, -0.05) is 24.3 Å². The van der Waals surface area contributed by atoms with Crippen LogP contribution >= 0.6 is 11.8 Å². The van der Waals surface area contributed by atoms with Gasteiger partial charge in [-0.15, -0.1) is 0 Å². The summed E-state index contributed by atoms with van der Waals surface area (Å²) in [6.45, 7) is 6.47. The summed E-state index contributed by atoms with van der Waals surface area (Å²) in [5, 5.41) is 12.0. The molecule has 0 N–H and O–H groups in total. The van der Waals surface area contributed by atoms with Crippen molar-refractivity contribution in [1.29, 1.82) is 0 Å². The quantitative estimate of drug-likeness (QED) is 0.382. The van der Waals surface area contributed by atoms with Crippen LogP contribution in [0.15, 0.2) is 58.4 Å². The molecule has 1 fully saturated rings. The second kappa shape index (κ2) is 9.44. The van der Waals surface area contributed by atoms with Gasteiger partial charge in [0.2, 0.25) is 0 Å². The van der Waals surface area contributed by atoms with E-state index < -0.39 is 0 Å². The van der Waals surface area contributed by atoms with Crippen molar-refractivity contribution >= 4 is 40.3 Å². The Kier molecular flexibility index (Phi) is 6.45. The molecule has 0 aliphatic carbocycles. The lowest BCUT2D eigenvalue weighted by Crippen LogP contribution is -2.48. The number of amidine groups is 1. The highest BCUT2D eigenvalue weighted by molar-refractivity contribution is 8.18. The third kappa shape index (κ3) is 4.94. The predicted molar refractivity (Wildman–Crippen MR) is 127 cm³/mol. The first-order chi connectivity index (χ1) is 15.4. The van der Waals surface area contributed by atoms with Gasteiger partial charge in [-0.3, -0.25) is 14.9 Å². The van der Waals surface area contributed by atoms with E-state index in [0.717, 1.165) is 11.3 Å². The smallest absolute Gasteiger partial charge is 0.292 e. The van der Waals surface area contributed by atoms with Gasteiger partial charge in [-0.05, 0) is 55.4 Å². The predicted octanol–water partition coefficient (Wildman–Crippen LogP) is 4.17. The highest BCUT2D eigenvalue weighted by Gasteiger charge is 2.30. The number of piperazine rings is 1. The molecular formula is C23H24N4O4S. The number of carbonyl (C=O) groups is 1. The van der Waals surface area contributed by atoms with Crippen molar-refractivity contribution in [3.05, 3.63) is 69.1 Å². The standard InChI is InChI=1S/C23H24N4O4S/c1-16(2)31-18-9-7-17(8-10-18)15-21-22(28)24-23(32-21)26-13-11-25(12-14-26)19-5-3-4-6-20(19)27(29)30/h3-10,15-16H,11-14H2,1-2H3/b21-15+. The molecule has 0 bridgehead atoms. The van der Waals surface area contributed by atoms with E-state index in [4.69, 9.17) is 4.74 Å². The van der Waals surface area contributed by atoms with E-state index in [-0.39, 0.29) is 22.6 Å². The molecule has 0 aromatic heterocycles. The molecule has 8 nitrogen and oxygen atoms in total. The monoisotopic (exact) mass is 452 g/mol. The van der Waals surface area contributed by atoms with Gasteiger partial charge in [-0.25, -0.2) is 0 Å². The SMILES string of the molecule is CC(C)Oc1ccc(/C=C2/SC(N3CCN(c4ccccc4[N+](=O)[O-])CC3)=NC2=O)cc1. The molecule has 4 rings (SSSR count). The summed E-state index contributed by atoms with van der Waals surface area (Å²) >= 11 is 1.37. The lowest BCUT2D eigenvalue weighted by atomic mass is 10.2. The fourth-order valence-corrected chi connectivity index (χ4v) is 4.59. The average Bonchev–Trinajstić information content (AvgIpc) is 3.15. The van der Waals surface area contributed by atoms with Crippen molar-refractivity contribution < 1.29 is 14.5 Å². The van der Waals surface area contributed by atoms with Gasteiger partial charge in [0.15, 0.2) is 5.17 Å².